The van der Waals surface area contributed by atoms with Crippen LogP contribution in [0.3, 0.4) is 0 Å². The number of aromatic nitrogens is 2. The van der Waals surface area contributed by atoms with E-state index in [1.807, 2.05) is 4.90 Å². The van der Waals surface area contributed by atoms with E-state index in [1.54, 1.807) is 11.8 Å². The van der Waals surface area contributed by atoms with Crippen LogP contribution in [-0.4, -0.2) is 39.7 Å². The van der Waals surface area contributed by atoms with Gasteiger partial charge in [-0.2, -0.15) is 0 Å². The van der Waals surface area contributed by atoms with E-state index >= 15 is 0 Å². The molecule has 2 fully saturated rings. The molecule has 168 valence electrons. The molecule has 3 aromatic rings. The van der Waals surface area contributed by atoms with Crippen molar-refractivity contribution in [1.82, 2.24) is 9.97 Å². The number of aryl methyl sites for hydroxylation is 1. The number of thiazole rings is 2. The van der Waals surface area contributed by atoms with Gasteiger partial charge in [0.2, 0.25) is 5.91 Å². The van der Waals surface area contributed by atoms with E-state index in [1.165, 1.54) is 28.9 Å². The lowest BCUT2D eigenvalue weighted by Crippen LogP contribution is -2.66. The molecule has 0 aliphatic carbocycles. The molecule has 2 saturated heterocycles. The number of benzene rings is 1. The summed E-state index contributed by atoms with van der Waals surface area (Å²) >= 11 is 2.46. The minimum Gasteiger partial charge on any atom is -0.346 e. The van der Waals surface area contributed by atoms with Crippen molar-refractivity contribution < 1.29 is 17.8 Å². The van der Waals surface area contributed by atoms with Crippen molar-refractivity contribution in [2.24, 2.45) is 10.6 Å². The van der Waals surface area contributed by atoms with Crippen molar-refractivity contribution in [3.8, 4) is 10.4 Å². The van der Waals surface area contributed by atoms with Gasteiger partial charge in [-0.05, 0) is 38.0 Å². The molecule has 0 radical (unpaired) electrons. The second-order valence-electron chi connectivity index (χ2n) is 7.99. The first-order chi connectivity index (χ1) is 15.3. The number of halogens is 2. The lowest BCUT2D eigenvalue weighted by atomic mass is 9.73. The van der Waals surface area contributed by atoms with Crippen LogP contribution in [0.4, 0.5) is 19.0 Å². The molecule has 7 nitrogen and oxygen atoms in total. The zero-order valence-electron chi connectivity index (χ0n) is 17.0. The van der Waals surface area contributed by atoms with E-state index in [-0.39, 0.29) is 11.5 Å². The van der Waals surface area contributed by atoms with Gasteiger partial charge in [-0.15, -0.1) is 0 Å². The average molecular weight is 496 g/mol. The summed E-state index contributed by atoms with van der Waals surface area (Å²) in [6.07, 6.45) is 3.12. The third kappa shape index (κ3) is 3.54. The molecule has 2 aromatic heterocycles. The summed E-state index contributed by atoms with van der Waals surface area (Å²) in [4.78, 5) is 26.3. The number of nitrogens with zero attached hydrogens (tertiary/aromatic N) is 4. The van der Waals surface area contributed by atoms with Gasteiger partial charge in [0.25, 0.3) is 0 Å². The lowest BCUT2D eigenvalue weighted by molar-refractivity contribution is -0.132. The van der Waals surface area contributed by atoms with E-state index in [0.717, 1.165) is 31.0 Å². The van der Waals surface area contributed by atoms with Gasteiger partial charge in [0.1, 0.15) is 26.8 Å². The summed E-state index contributed by atoms with van der Waals surface area (Å²) in [6.45, 7) is 3.29. The Morgan fingerprint density at radius 3 is 2.72 bits per heavy atom. The highest BCUT2D eigenvalue weighted by Crippen LogP contribution is 2.46. The van der Waals surface area contributed by atoms with Gasteiger partial charge in [-0.25, -0.2) is 28.1 Å². The van der Waals surface area contributed by atoms with E-state index < -0.39 is 28.0 Å². The van der Waals surface area contributed by atoms with Gasteiger partial charge in [-0.3, -0.25) is 9.69 Å². The fourth-order valence-corrected chi connectivity index (χ4v) is 6.91. The monoisotopic (exact) mass is 495 g/mol. The highest BCUT2D eigenvalue weighted by Gasteiger charge is 2.54. The Morgan fingerprint density at radius 1 is 1.22 bits per heavy atom. The minimum atomic E-state index is -1.64. The number of hydrogen-bond donors (Lipinski definition) is 1. The van der Waals surface area contributed by atoms with E-state index in [9.17, 15) is 17.8 Å². The molecule has 1 amide bonds. The molecule has 4 heterocycles. The minimum absolute atomic E-state index is 0.00365. The summed E-state index contributed by atoms with van der Waals surface area (Å²) in [7, 11) is -1.64. The third-order valence-corrected chi connectivity index (χ3v) is 9.31. The molecule has 2 N–H and O–H groups in total. The predicted molar refractivity (Wildman–Crippen MR) is 121 cm³/mol. The Bertz CT molecular complexity index is 1240. The van der Waals surface area contributed by atoms with Gasteiger partial charge in [0.05, 0.1) is 16.0 Å². The standard InChI is InChI=1S/C20H19F2N5O2S3/c1-11-16(32(23)29)31-19(25-11)27-6-2-5-20(17(27)28)9-26(10-20)18-24-8-15(30-18)13-7-12(21)3-4-14(13)22/h3-4,7-8H,2,5-6,9-10,23H2,1H3. The van der Waals surface area contributed by atoms with Crippen LogP contribution in [0.5, 0.6) is 0 Å². The molecule has 5 rings (SSSR count). The van der Waals surface area contributed by atoms with Gasteiger partial charge < -0.3 is 4.90 Å². The number of nitrogens with two attached hydrogens (primary N) is 1. The van der Waals surface area contributed by atoms with Crippen LogP contribution < -0.4 is 14.9 Å². The van der Waals surface area contributed by atoms with Crippen LogP contribution >= 0.6 is 22.7 Å². The normalized spacial score (nSPS) is 18.8. The Morgan fingerprint density at radius 2 is 2.00 bits per heavy atom. The first kappa shape index (κ1) is 21.6. The van der Waals surface area contributed by atoms with Gasteiger partial charge in [0.15, 0.2) is 10.3 Å². The van der Waals surface area contributed by atoms with Crippen molar-refractivity contribution in [2.75, 3.05) is 29.4 Å². The van der Waals surface area contributed by atoms with Crippen molar-refractivity contribution in [3.05, 3.63) is 41.7 Å². The summed E-state index contributed by atoms with van der Waals surface area (Å²) in [5.74, 6) is -1.02. The number of piperidine rings is 1. The molecule has 2 aliphatic rings. The highest BCUT2D eigenvalue weighted by atomic mass is 32.2. The van der Waals surface area contributed by atoms with Crippen molar-refractivity contribution in [3.63, 3.8) is 0 Å². The number of carbonyl (C=O) groups excluding carboxylic acids is 1. The topological polar surface area (TPSA) is 92.4 Å². The largest absolute Gasteiger partial charge is 0.346 e. The fraction of sp³-hybridized carbons (Fsp3) is 0.350. The molecule has 2 aliphatic heterocycles. The van der Waals surface area contributed by atoms with E-state index in [2.05, 4.69) is 9.97 Å². The van der Waals surface area contributed by atoms with Crippen molar-refractivity contribution in [2.45, 2.75) is 24.0 Å². The second-order valence-corrected chi connectivity index (χ2v) is 11.2. The number of amides is 1. The molecule has 1 spiro atoms. The van der Waals surface area contributed by atoms with Crippen LogP contribution in [0.25, 0.3) is 10.4 Å². The molecule has 1 aromatic carbocycles. The molecule has 12 heteroatoms. The van der Waals surface area contributed by atoms with Gasteiger partial charge in [0, 0.05) is 31.4 Å². The summed E-state index contributed by atoms with van der Waals surface area (Å²) < 4.78 is 39.8. The predicted octanol–water partition coefficient (Wildman–Crippen LogP) is 3.47. The second kappa shape index (κ2) is 7.94. The number of carbonyl (C=O) groups is 1. The smallest absolute Gasteiger partial charge is 0.238 e. The lowest BCUT2D eigenvalue weighted by Gasteiger charge is -2.52. The molecule has 32 heavy (non-hydrogen) atoms. The van der Waals surface area contributed by atoms with Crippen LogP contribution in [0.15, 0.2) is 28.6 Å². The summed E-state index contributed by atoms with van der Waals surface area (Å²) in [5, 5.41) is 6.71. The Kier molecular flexibility index (Phi) is 5.35. The number of anilines is 2. The molecular formula is C20H19F2N5O2S3. The molecular weight excluding hydrogens is 476 g/mol. The van der Waals surface area contributed by atoms with Crippen LogP contribution in [0, 0.1) is 24.0 Å². The summed E-state index contributed by atoms with van der Waals surface area (Å²) in [5.41, 5.74) is 0.222. The Labute approximate surface area is 193 Å². The zero-order valence-corrected chi connectivity index (χ0v) is 19.5. The van der Waals surface area contributed by atoms with Crippen molar-refractivity contribution >= 4 is 49.8 Å². The van der Waals surface area contributed by atoms with Crippen molar-refractivity contribution in [1.29, 1.82) is 0 Å². The van der Waals surface area contributed by atoms with Crippen LogP contribution in [0.2, 0.25) is 0 Å². The van der Waals surface area contributed by atoms with E-state index in [4.69, 9.17) is 5.14 Å². The molecule has 0 saturated carbocycles. The average Bonchev–Trinajstić information content (AvgIpc) is 3.35. The third-order valence-electron chi connectivity index (χ3n) is 5.84. The summed E-state index contributed by atoms with van der Waals surface area (Å²) in [6, 6.07) is 3.34. The Balaban J connectivity index is 1.33. The van der Waals surface area contributed by atoms with Gasteiger partial charge >= 0.3 is 0 Å². The zero-order chi connectivity index (χ0) is 22.6. The number of rotatable bonds is 4. The SMILES string of the molecule is Cc1nc(N2CCCC3(CN(c4ncc(-c5cc(F)ccc5F)s4)C3)C2=O)sc1S(N)=O. The molecule has 1 atom stereocenters. The Hall–Kier alpha value is -2.28. The first-order valence-corrected chi connectivity index (χ1v) is 12.7. The fourth-order valence-electron chi connectivity index (χ4n) is 4.26. The highest BCUT2D eigenvalue weighted by molar-refractivity contribution is 7.85. The van der Waals surface area contributed by atoms with Crippen LogP contribution in [0.1, 0.15) is 18.5 Å². The van der Waals surface area contributed by atoms with E-state index in [0.29, 0.717) is 44.7 Å². The van der Waals surface area contributed by atoms with Crippen LogP contribution in [-0.2, 0) is 15.8 Å². The molecule has 1 unspecified atom stereocenters. The maximum absolute atomic E-state index is 14.1. The van der Waals surface area contributed by atoms with Gasteiger partial charge in [-0.1, -0.05) is 22.7 Å². The molecule has 0 bridgehead atoms. The number of hydrogen-bond acceptors (Lipinski definition) is 7. The maximum Gasteiger partial charge on any atom is 0.238 e. The first-order valence-electron chi connectivity index (χ1n) is 9.89. The maximum atomic E-state index is 14.1. The quantitative estimate of drug-likeness (QED) is 0.598.